The van der Waals surface area contributed by atoms with Crippen molar-refractivity contribution in [1.82, 2.24) is 30.1 Å². The predicted molar refractivity (Wildman–Crippen MR) is 174 cm³/mol. The number of aryl methyl sites for hydroxylation is 1. The molecule has 3 heterocycles. The number of hydrogen-bond donors (Lipinski definition) is 3. The topological polar surface area (TPSA) is 175 Å². The number of sulfonamides is 1. The summed E-state index contributed by atoms with van der Waals surface area (Å²) in [5, 5.41) is 3.99. The Morgan fingerprint density at radius 1 is 1.14 bits per heavy atom. The molecule has 0 aromatic heterocycles. The monoisotopic (exact) mass is 738 g/mol. The van der Waals surface area contributed by atoms with Gasteiger partial charge >= 0.3 is 18.3 Å². The molecule has 0 spiro atoms. The van der Waals surface area contributed by atoms with Gasteiger partial charge in [0.25, 0.3) is 5.91 Å². The minimum Gasteiger partial charge on any atom is -0.444 e. The second-order valence-corrected chi connectivity index (χ2v) is 16.0. The summed E-state index contributed by atoms with van der Waals surface area (Å²) in [4.78, 5) is 71.2. The van der Waals surface area contributed by atoms with Crippen LogP contribution in [-0.4, -0.2) is 108 Å². The average Bonchev–Trinajstić information content (AvgIpc) is 3.95. The molecule has 18 heteroatoms. The Morgan fingerprint density at radius 2 is 1.86 bits per heavy atom. The second kappa shape index (κ2) is 13.7. The number of benzene rings is 1. The number of nitrogens with one attached hydrogen (secondary N) is 3. The fourth-order valence-corrected chi connectivity index (χ4v) is 8.49. The number of fused-ring (bicyclic) bond motifs is 3. The van der Waals surface area contributed by atoms with E-state index in [2.05, 4.69) is 17.2 Å². The predicted octanol–water partition coefficient (Wildman–Crippen LogP) is 2.08. The first-order valence-corrected chi connectivity index (χ1v) is 18.5. The molecule has 51 heavy (non-hydrogen) atoms. The maximum absolute atomic E-state index is 14.0. The minimum atomic E-state index is -4.89. The van der Waals surface area contributed by atoms with E-state index >= 15 is 0 Å². The van der Waals surface area contributed by atoms with Crippen LogP contribution in [0.3, 0.4) is 0 Å². The van der Waals surface area contributed by atoms with Gasteiger partial charge in [0.15, 0.2) is 0 Å². The standard InChI is InChI=1S/C33H41F3N6O8S/c1-3-21-14-32(21,29(45)39-51(48,49)23-10-11-23)38-27(43)26-13-22-17-42(26)28(44)25(15-33(34,35)36)37-30(46)40(2)12-5-4-7-19-8-6-9-20-16-41(18-24(19)20)31(47)50-22/h3,6,8-9,21-23,25-26H,1,4-5,7,10-18H2,2H3,(H,37,46)(H,38,43)(H,39,45)/t21-,22-,25+,26+,32-/m1/s1. The molecule has 1 aromatic carbocycles. The van der Waals surface area contributed by atoms with Gasteiger partial charge in [-0.25, -0.2) is 18.0 Å². The lowest BCUT2D eigenvalue weighted by atomic mass is 9.99. The smallest absolute Gasteiger partial charge is 0.410 e. The van der Waals surface area contributed by atoms with Crippen molar-refractivity contribution in [1.29, 1.82) is 0 Å². The summed E-state index contributed by atoms with van der Waals surface area (Å²) in [6, 6.07) is 1.16. The van der Waals surface area contributed by atoms with Crippen LogP contribution < -0.4 is 15.4 Å². The lowest BCUT2D eigenvalue weighted by Gasteiger charge is -2.31. The van der Waals surface area contributed by atoms with Gasteiger partial charge in [-0.05, 0) is 55.2 Å². The van der Waals surface area contributed by atoms with Crippen LogP contribution in [0.2, 0.25) is 0 Å². The Bertz CT molecular complexity index is 1740. The van der Waals surface area contributed by atoms with Crippen LogP contribution in [0.5, 0.6) is 0 Å². The van der Waals surface area contributed by atoms with E-state index in [1.807, 2.05) is 22.9 Å². The largest absolute Gasteiger partial charge is 0.444 e. The minimum absolute atomic E-state index is 0.00998. The molecule has 4 bridgehead atoms. The number of carbonyl (C=O) groups excluding carboxylic acids is 5. The number of urea groups is 1. The fourth-order valence-electron chi connectivity index (χ4n) is 7.12. The molecular weight excluding hydrogens is 697 g/mol. The van der Waals surface area contributed by atoms with E-state index < -0.39 is 93.9 Å². The Labute approximate surface area is 293 Å². The summed E-state index contributed by atoms with van der Waals surface area (Å²) < 4.78 is 74.4. The number of rotatable bonds is 7. The molecule has 6 rings (SSSR count). The normalized spacial score (nSPS) is 28.7. The van der Waals surface area contributed by atoms with Gasteiger partial charge in [0.1, 0.15) is 23.7 Å². The average molecular weight is 739 g/mol. The van der Waals surface area contributed by atoms with Crippen molar-refractivity contribution in [2.75, 3.05) is 20.1 Å². The van der Waals surface area contributed by atoms with Gasteiger partial charge in [0, 0.05) is 39.0 Å². The molecule has 278 valence electrons. The van der Waals surface area contributed by atoms with Gasteiger partial charge in [0.2, 0.25) is 21.8 Å². The second-order valence-electron chi connectivity index (χ2n) is 14.0. The molecule has 3 fully saturated rings. The van der Waals surface area contributed by atoms with E-state index in [0.717, 1.165) is 21.6 Å². The van der Waals surface area contributed by atoms with E-state index in [0.29, 0.717) is 32.1 Å². The molecule has 5 aliphatic rings. The van der Waals surface area contributed by atoms with Crippen molar-refractivity contribution in [2.45, 2.75) is 99.6 Å². The maximum atomic E-state index is 14.0. The van der Waals surface area contributed by atoms with Crippen molar-refractivity contribution < 1.29 is 50.3 Å². The fraction of sp³-hybridized carbons (Fsp3) is 0.606. The third kappa shape index (κ3) is 7.79. The number of carbonyl (C=O) groups is 5. The molecule has 1 saturated heterocycles. The summed E-state index contributed by atoms with van der Waals surface area (Å²) in [5.74, 6) is -3.88. The highest BCUT2D eigenvalue weighted by molar-refractivity contribution is 7.91. The number of alkyl halides is 3. The van der Waals surface area contributed by atoms with Crippen LogP contribution >= 0.6 is 0 Å². The molecule has 3 N–H and O–H groups in total. The number of nitrogens with zero attached hydrogens (tertiary/aromatic N) is 3. The summed E-state index contributed by atoms with van der Waals surface area (Å²) in [6.45, 7) is 3.87. The number of halogens is 3. The van der Waals surface area contributed by atoms with Crippen molar-refractivity contribution >= 4 is 39.9 Å². The van der Waals surface area contributed by atoms with E-state index in [9.17, 15) is 45.6 Å². The molecule has 3 aliphatic heterocycles. The van der Waals surface area contributed by atoms with Crippen LogP contribution in [0.25, 0.3) is 0 Å². The zero-order chi connectivity index (χ0) is 36.9. The third-order valence-electron chi connectivity index (χ3n) is 10.3. The zero-order valence-electron chi connectivity index (χ0n) is 28.0. The summed E-state index contributed by atoms with van der Waals surface area (Å²) >= 11 is 0. The van der Waals surface area contributed by atoms with Crippen LogP contribution in [-0.2, 0) is 48.7 Å². The van der Waals surface area contributed by atoms with Gasteiger partial charge in [-0.1, -0.05) is 24.3 Å². The van der Waals surface area contributed by atoms with Crippen LogP contribution in [0.15, 0.2) is 30.9 Å². The van der Waals surface area contributed by atoms with E-state index in [4.69, 9.17) is 4.74 Å². The van der Waals surface area contributed by atoms with Crippen molar-refractivity contribution in [3.63, 3.8) is 0 Å². The lowest BCUT2D eigenvalue weighted by Crippen LogP contribution is -2.59. The van der Waals surface area contributed by atoms with Gasteiger partial charge in [0.05, 0.1) is 18.2 Å². The zero-order valence-corrected chi connectivity index (χ0v) is 28.9. The van der Waals surface area contributed by atoms with Crippen molar-refractivity contribution in [3.8, 4) is 0 Å². The maximum Gasteiger partial charge on any atom is 0.410 e. The third-order valence-corrected chi connectivity index (χ3v) is 12.1. The van der Waals surface area contributed by atoms with Gasteiger partial charge in [-0.15, -0.1) is 6.58 Å². The van der Waals surface area contributed by atoms with Crippen molar-refractivity contribution in [3.05, 3.63) is 47.5 Å². The molecule has 5 atom stereocenters. The highest BCUT2D eigenvalue weighted by Crippen LogP contribution is 2.45. The highest BCUT2D eigenvalue weighted by Gasteiger charge is 2.62. The van der Waals surface area contributed by atoms with Crippen LogP contribution in [0, 0.1) is 5.92 Å². The molecule has 0 radical (unpaired) electrons. The van der Waals surface area contributed by atoms with Gasteiger partial charge in [-0.3, -0.25) is 24.0 Å². The highest BCUT2D eigenvalue weighted by atomic mass is 32.2. The number of ether oxygens (including phenoxy) is 1. The summed E-state index contributed by atoms with van der Waals surface area (Å²) in [5.41, 5.74) is 1.20. The molecule has 0 unspecified atom stereocenters. The van der Waals surface area contributed by atoms with Crippen LogP contribution in [0.4, 0.5) is 22.8 Å². The Balaban J connectivity index is 1.29. The van der Waals surface area contributed by atoms with Gasteiger partial charge in [-0.2, -0.15) is 13.2 Å². The Hall–Kier alpha value is -4.35. The first kappa shape index (κ1) is 36.4. The summed E-state index contributed by atoms with van der Waals surface area (Å²) in [7, 11) is -2.60. The molecular formula is C33H41F3N6O8S. The van der Waals surface area contributed by atoms with E-state index in [1.54, 1.807) is 0 Å². The Morgan fingerprint density at radius 3 is 2.53 bits per heavy atom. The molecule has 14 nitrogen and oxygen atoms in total. The molecule has 2 saturated carbocycles. The quantitative estimate of drug-likeness (QED) is 0.357. The summed E-state index contributed by atoms with van der Waals surface area (Å²) in [6.07, 6.45) is -4.94. The Kier molecular flexibility index (Phi) is 9.75. The SMILES string of the molecule is C=C[C@@H]1C[C@]1(NC(=O)[C@@H]1C[C@@H]2CN1C(=O)[C@H](CC(F)(F)F)NC(=O)N(C)CCCCc1cccc3c1CN(C3)C(=O)O2)C(=O)NS(=O)(=O)C1CC1. The first-order valence-electron chi connectivity index (χ1n) is 17.0. The first-order chi connectivity index (χ1) is 24.0. The van der Waals surface area contributed by atoms with E-state index in [-0.39, 0.29) is 32.5 Å². The number of hydrogen-bond acceptors (Lipinski definition) is 8. The van der Waals surface area contributed by atoms with Crippen LogP contribution in [0.1, 0.15) is 61.6 Å². The molecule has 6 amide bonds. The molecule has 2 aliphatic carbocycles. The van der Waals surface area contributed by atoms with E-state index in [1.165, 1.54) is 22.9 Å². The lowest BCUT2D eigenvalue weighted by molar-refractivity contribution is -0.155. The van der Waals surface area contributed by atoms with Gasteiger partial charge < -0.3 is 25.2 Å². The number of amides is 6. The molecule has 1 aromatic rings. The van der Waals surface area contributed by atoms with Crippen molar-refractivity contribution in [2.24, 2.45) is 5.92 Å².